The lowest BCUT2D eigenvalue weighted by atomic mass is 9.85. The molecule has 1 nitrogen and oxygen atoms in total. The molecule has 0 bridgehead atoms. The fraction of sp³-hybridized carbons (Fsp3) is 1.00. The monoisotopic (exact) mass is 116 g/mol. The first kappa shape index (κ1) is 3.21. The maximum absolute atomic E-state index is 7.64. The van der Waals surface area contributed by atoms with Crippen molar-refractivity contribution in [1.29, 1.82) is 0 Å². The molecule has 1 aliphatic rings. The Kier molecular flexibility index (Phi) is 0.826. The molecule has 1 saturated heterocycles. The van der Waals surface area contributed by atoms with Crippen LogP contribution >= 0.6 is 0 Å². The van der Waals surface area contributed by atoms with Crippen molar-refractivity contribution in [2.75, 3.05) is 13.0 Å². The molecule has 48 valence electrons. The van der Waals surface area contributed by atoms with Gasteiger partial charge in [0.15, 0.2) is 0 Å². The van der Waals surface area contributed by atoms with Gasteiger partial charge in [-0.2, -0.15) is 0 Å². The van der Waals surface area contributed by atoms with Crippen molar-refractivity contribution in [2.45, 2.75) is 26.7 Å². The summed E-state index contributed by atoms with van der Waals surface area (Å²) in [5.41, 5.74) is -0.382. The largest absolute Gasteiger partial charge is 0.316 e. The van der Waals surface area contributed by atoms with Crippen LogP contribution in [0.3, 0.4) is 0 Å². The average molecular weight is 116 g/mol. The Hall–Kier alpha value is -0.0400. The van der Waals surface area contributed by atoms with E-state index in [1.807, 2.05) is 13.8 Å². The van der Waals surface area contributed by atoms with Crippen LogP contribution in [0.25, 0.3) is 0 Å². The number of piperidine rings is 1. The van der Waals surface area contributed by atoms with Crippen molar-refractivity contribution < 1.29 is 4.15 Å². The fourth-order valence-electron chi connectivity index (χ4n) is 0.926. The lowest BCUT2D eigenvalue weighted by Gasteiger charge is -2.29. The van der Waals surface area contributed by atoms with E-state index in [2.05, 4.69) is 0 Å². The van der Waals surface area contributed by atoms with E-state index in [4.69, 9.17) is 4.15 Å². The van der Waals surface area contributed by atoms with Crippen LogP contribution in [0.15, 0.2) is 0 Å². The highest BCUT2D eigenvalue weighted by molar-refractivity contribution is 4.75. The summed E-state index contributed by atoms with van der Waals surface area (Å²) in [5.74, 6) is 0. The van der Waals surface area contributed by atoms with Crippen LogP contribution in [0.5, 0.6) is 0 Å². The van der Waals surface area contributed by atoms with Crippen molar-refractivity contribution in [2.24, 2.45) is 5.41 Å². The minimum absolute atomic E-state index is 0.382. The predicted octanol–water partition coefficient (Wildman–Crippen LogP) is 1.40. The summed E-state index contributed by atoms with van der Waals surface area (Å²) in [6.07, 6.45) is 1.80. The van der Waals surface area contributed by atoms with E-state index >= 15 is 0 Å². The molecule has 0 radical (unpaired) electrons. The zero-order valence-electron chi connectivity index (χ0n) is 8.57. The molecular weight excluding hydrogens is 98.1 g/mol. The predicted molar refractivity (Wildman–Crippen MR) is 35.9 cm³/mol. The van der Waals surface area contributed by atoms with Gasteiger partial charge in [0.1, 0.15) is 1.41 Å². The van der Waals surface area contributed by atoms with E-state index in [0.717, 1.165) is 18.2 Å². The number of hydrogen-bond acceptors (Lipinski definition) is 1. The van der Waals surface area contributed by atoms with Crippen molar-refractivity contribution in [3.05, 3.63) is 0 Å². The van der Waals surface area contributed by atoms with Crippen LogP contribution < -0.4 is 5.31 Å². The second-order valence-electron chi connectivity index (χ2n) is 2.98. The quantitative estimate of drug-likeness (QED) is 0.504. The molecule has 1 fully saturated rings. The fourth-order valence-corrected chi connectivity index (χ4v) is 0.926. The Labute approximate surface area is 55.7 Å². The second-order valence-corrected chi connectivity index (χ2v) is 2.98. The van der Waals surface area contributed by atoms with Gasteiger partial charge in [0, 0.05) is 9.24 Å². The van der Waals surface area contributed by atoms with Gasteiger partial charge < -0.3 is 5.31 Å². The molecule has 0 unspecified atom stereocenters. The van der Waals surface area contributed by atoms with E-state index in [1.54, 1.807) is 0 Å². The first-order chi connectivity index (χ1) is 4.88. The van der Waals surface area contributed by atoms with Gasteiger partial charge >= 0.3 is 0 Å². The third-order valence-corrected chi connectivity index (χ3v) is 1.45. The SMILES string of the molecule is [2H]N1CCCC(C)(C)C1([2H])[2H]. The molecule has 0 spiro atoms. The Balaban J connectivity index is 2.82. The van der Waals surface area contributed by atoms with Gasteiger partial charge in [-0.1, -0.05) is 13.8 Å². The van der Waals surface area contributed by atoms with E-state index in [-0.39, 0.29) is 5.41 Å². The zero-order chi connectivity index (χ0) is 8.70. The lowest BCUT2D eigenvalue weighted by molar-refractivity contribution is 0.265. The van der Waals surface area contributed by atoms with Crippen molar-refractivity contribution in [3.8, 4) is 0 Å². The van der Waals surface area contributed by atoms with Crippen LogP contribution in [0, 0.1) is 5.41 Å². The Morgan fingerprint density at radius 1 is 1.75 bits per heavy atom. The summed E-state index contributed by atoms with van der Waals surface area (Å²) in [4.78, 5) is 0. The van der Waals surface area contributed by atoms with Gasteiger partial charge in [-0.05, 0) is 24.8 Å². The molecule has 8 heavy (non-hydrogen) atoms. The van der Waals surface area contributed by atoms with Crippen LogP contribution in [0.2, 0.25) is 1.41 Å². The summed E-state index contributed by atoms with van der Waals surface area (Å²) in [7, 11) is 0. The number of nitrogens with one attached hydrogen (secondary N) is 1. The molecule has 1 heterocycles. The van der Waals surface area contributed by atoms with Gasteiger partial charge in [-0.25, -0.2) is 0 Å². The topological polar surface area (TPSA) is 12.0 Å². The summed E-state index contributed by atoms with van der Waals surface area (Å²) in [5, 5.41) is 1.07. The summed E-state index contributed by atoms with van der Waals surface area (Å²) < 4.78 is 22.7. The van der Waals surface area contributed by atoms with Crippen molar-refractivity contribution in [3.63, 3.8) is 0 Å². The second kappa shape index (κ2) is 2.06. The van der Waals surface area contributed by atoms with Crippen LogP contribution in [-0.2, 0) is 0 Å². The first-order valence-corrected chi connectivity index (χ1v) is 3.14. The third-order valence-electron chi connectivity index (χ3n) is 1.45. The van der Waals surface area contributed by atoms with Gasteiger partial charge in [0.2, 0.25) is 0 Å². The van der Waals surface area contributed by atoms with E-state index in [0.29, 0.717) is 6.54 Å². The summed E-state index contributed by atoms with van der Waals surface area (Å²) >= 11 is 0. The minimum atomic E-state index is -1.47. The summed E-state index contributed by atoms with van der Waals surface area (Å²) in [6, 6.07) is 0. The van der Waals surface area contributed by atoms with Crippen LogP contribution in [-0.4, -0.2) is 13.0 Å². The average Bonchev–Trinajstić information content (AvgIpc) is 1.84. The Morgan fingerprint density at radius 2 is 2.50 bits per heavy atom. The van der Waals surface area contributed by atoms with E-state index in [9.17, 15) is 0 Å². The highest BCUT2D eigenvalue weighted by Crippen LogP contribution is 2.23. The highest BCUT2D eigenvalue weighted by Gasteiger charge is 2.19. The molecule has 0 saturated carbocycles. The standard InChI is InChI=1S/C7H15N/c1-7(2)4-3-5-8-6-7/h8H,3-6H2,1-2H3/i6D2/hD. The van der Waals surface area contributed by atoms with E-state index < -0.39 is 6.50 Å². The normalized spacial score (nSPS) is 42.0. The molecule has 1 aliphatic heterocycles. The maximum Gasteiger partial charge on any atom is 0.122 e. The van der Waals surface area contributed by atoms with Crippen LogP contribution in [0.1, 0.15) is 29.4 Å². The third kappa shape index (κ3) is 1.48. The van der Waals surface area contributed by atoms with Gasteiger partial charge in [0.25, 0.3) is 0 Å². The Bertz CT molecular complexity index is 156. The van der Waals surface area contributed by atoms with Crippen LogP contribution in [0.4, 0.5) is 0 Å². The first-order valence-electron chi connectivity index (χ1n) is 4.59. The highest BCUT2D eigenvalue weighted by atomic mass is 14.9. The molecule has 1 N–H and O–H groups in total. The molecule has 0 atom stereocenters. The molecule has 0 aromatic carbocycles. The van der Waals surface area contributed by atoms with Gasteiger partial charge in [-0.3, -0.25) is 0 Å². The zero-order valence-corrected chi connectivity index (χ0v) is 5.57. The lowest BCUT2D eigenvalue weighted by Crippen LogP contribution is -2.35. The molecule has 0 amide bonds. The molecule has 1 heteroatoms. The number of rotatable bonds is 0. The molecule has 0 aliphatic carbocycles. The maximum atomic E-state index is 7.64. The molecule has 0 aromatic rings. The van der Waals surface area contributed by atoms with E-state index in [1.165, 1.54) is 0 Å². The summed E-state index contributed by atoms with van der Waals surface area (Å²) in [6.45, 7) is 2.85. The minimum Gasteiger partial charge on any atom is -0.316 e. The molecular formula is C7H15N. The van der Waals surface area contributed by atoms with Gasteiger partial charge in [0.05, 0.1) is 0 Å². The smallest absolute Gasteiger partial charge is 0.122 e. The molecule has 0 aromatic heterocycles. The van der Waals surface area contributed by atoms with Crippen molar-refractivity contribution >= 4 is 0 Å². The van der Waals surface area contributed by atoms with Crippen molar-refractivity contribution in [1.82, 2.24) is 5.31 Å². The van der Waals surface area contributed by atoms with Gasteiger partial charge in [-0.15, -0.1) is 0 Å². The number of hydrogen-bond donors (Lipinski definition) is 1. The molecule has 1 rings (SSSR count). The Morgan fingerprint density at radius 3 is 3.00 bits per heavy atom.